The number of ketones is 2. The fraction of sp³-hybridized carbons (Fsp3) is 0. The monoisotopic (exact) mass is 266 g/mol. The standard InChI is InChI=1S/C15H10N2O3/c16-13-8(7-17-20)5-6-11-12(13)15(19)10-4-2-1-3-9(10)14(11)18/h1-7,20H,16H2/b17-7-. The van der Waals surface area contributed by atoms with Crippen LogP contribution in [0.5, 0.6) is 0 Å². The number of anilines is 1. The topological polar surface area (TPSA) is 92.8 Å². The maximum Gasteiger partial charge on any atom is 0.196 e. The molecule has 0 amide bonds. The molecule has 0 fully saturated rings. The van der Waals surface area contributed by atoms with E-state index >= 15 is 0 Å². The normalized spacial score (nSPS) is 13.4. The van der Waals surface area contributed by atoms with E-state index in [1.54, 1.807) is 30.3 Å². The zero-order valence-electron chi connectivity index (χ0n) is 10.3. The summed E-state index contributed by atoms with van der Waals surface area (Å²) < 4.78 is 0. The van der Waals surface area contributed by atoms with Crippen molar-refractivity contribution >= 4 is 23.5 Å². The Bertz CT molecular complexity index is 779. The molecule has 0 aromatic heterocycles. The number of rotatable bonds is 1. The molecule has 0 spiro atoms. The molecule has 2 aromatic carbocycles. The van der Waals surface area contributed by atoms with Crippen LogP contribution in [-0.4, -0.2) is 23.0 Å². The molecule has 98 valence electrons. The van der Waals surface area contributed by atoms with Crippen LogP contribution >= 0.6 is 0 Å². The first-order valence-electron chi connectivity index (χ1n) is 5.93. The van der Waals surface area contributed by atoms with Gasteiger partial charge in [-0.1, -0.05) is 35.5 Å². The molecule has 0 saturated heterocycles. The van der Waals surface area contributed by atoms with Gasteiger partial charge in [0.1, 0.15) is 0 Å². The number of carbonyl (C=O) groups is 2. The third kappa shape index (κ3) is 1.53. The molecule has 5 heteroatoms. The van der Waals surface area contributed by atoms with Crippen molar-refractivity contribution in [3.05, 3.63) is 64.2 Å². The molecule has 0 saturated carbocycles. The van der Waals surface area contributed by atoms with E-state index in [0.29, 0.717) is 16.7 Å². The van der Waals surface area contributed by atoms with Gasteiger partial charge in [-0.3, -0.25) is 9.59 Å². The van der Waals surface area contributed by atoms with Gasteiger partial charge in [-0.2, -0.15) is 0 Å². The molecule has 0 radical (unpaired) electrons. The molecule has 0 atom stereocenters. The summed E-state index contributed by atoms with van der Waals surface area (Å²) in [5, 5.41) is 11.5. The Morgan fingerprint density at radius 2 is 1.60 bits per heavy atom. The minimum Gasteiger partial charge on any atom is -0.411 e. The lowest BCUT2D eigenvalue weighted by Gasteiger charge is -2.19. The summed E-state index contributed by atoms with van der Waals surface area (Å²) in [4.78, 5) is 24.9. The van der Waals surface area contributed by atoms with E-state index in [1.165, 1.54) is 6.07 Å². The van der Waals surface area contributed by atoms with Crippen LogP contribution in [0.3, 0.4) is 0 Å². The molecule has 2 aromatic rings. The molecule has 1 aliphatic carbocycles. The summed E-state index contributed by atoms with van der Waals surface area (Å²) in [6.45, 7) is 0. The van der Waals surface area contributed by atoms with Crippen LogP contribution in [0.4, 0.5) is 5.69 Å². The zero-order chi connectivity index (χ0) is 14.3. The van der Waals surface area contributed by atoms with Gasteiger partial charge >= 0.3 is 0 Å². The second kappa shape index (κ2) is 4.31. The lowest BCUT2D eigenvalue weighted by Crippen LogP contribution is -2.22. The number of hydrogen-bond donors (Lipinski definition) is 2. The summed E-state index contributed by atoms with van der Waals surface area (Å²) in [6.07, 6.45) is 1.13. The summed E-state index contributed by atoms with van der Waals surface area (Å²) in [5.74, 6) is -0.518. The van der Waals surface area contributed by atoms with E-state index in [-0.39, 0.29) is 28.4 Å². The van der Waals surface area contributed by atoms with E-state index in [1.807, 2.05) is 0 Å². The minimum atomic E-state index is -0.291. The molecule has 20 heavy (non-hydrogen) atoms. The van der Waals surface area contributed by atoms with Gasteiger partial charge in [0.25, 0.3) is 0 Å². The Kier molecular flexibility index (Phi) is 2.61. The molecular formula is C15H10N2O3. The van der Waals surface area contributed by atoms with Crippen LogP contribution in [0.15, 0.2) is 41.6 Å². The number of oxime groups is 1. The Morgan fingerprint density at radius 1 is 0.950 bits per heavy atom. The largest absolute Gasteiger partial charge is 0.411 e. The van der Waals surface area contributed by atoms with Crippen LogP contribution in [0.25, 0.3) is 0 Å². The molecule has 0 bridgehead atoms. The highest BCUT2D eigenvalue weighted by Gasteiger charge is 2.31. The number of nitrogens with zero attached hydrogens (tertiary/aromatic N) is 1. The lowest BCUT2D eigenvalue weighted by molar-refractivity contribution is 0.0979. The Labute approximate surface area is 114 Å². The quantitative estimate of drug-likeness (QED) is 0.304. The fourth-order valence-corrected chi connectivity index (χ4v) is 2.40. The Morgan fingerprint density at radius 3 is 2.25 bits per heavy atom. The van der Waals surface area contributed by atoms with Crippen molar-refractivity contribution in [1.29, 1.82) is 0 Å². The van der Waals surface area contributed by atoms with E-state index < -0.39 is 0 Å². The van der Waals surface area contributed by atoms with Crippen LogP contribution in [0.2, 0.25) is 0 Å². The maximum absolute atomic E-state index is 12.5. The van der Waals surface area contributed by atoms with E-state index in [9.17, 15) is 9.59 Å². The summed E-state index contributed by atoms with van der Waals surface area (Å²) in [5.41, 5.74) is 7.64. The smallest absolute Gasteiger partial charge is 0.196 e. The molecule has 3 rings (SSSR count). The van der Waals surface area contributed by atoms with Crippen molar-refractivity contribution in [2.45, 2.75) is 0 Å². The average Bonchev–Trinajstić information content (AvgIpc) is 2.47. The summed E-state index contributed by atoms with van der Waals surface area (Å²) in [7, 11) is 0. The van der Waals surface area contributed by atoms with Gasteiger partial charge in [0.15, 0.2) is 11.6 Å². The molecular weight excluding hydrogens is 256 g/mol. The molecule has 0 aliphatic heterocycles. The molecule has 3 N–H and O–H groups in total. The minimum absolute atomic E-state index is 0.146. The van der Waals surface area contributed by atoms with Gasteiger partial charge in [-0.25, -0.2) is 0 Å². The molecule has 0 unspecified atom stereocenters. The van der Waals surface area contributed by atoms with Crippen molar-refractivity contribution < 1.29 is 14.8 Å². The van der Waals surface area contributed by atoms with Gasteiger partial charge in [-0.05, 0) is 6.07 Å². The maximum atomic E-state index is 12.5. The predicted octanol–water partition coefficient (Wildman–Crippen LogP) is 1.85. The van der Waals surface area contributed by atoms with E-state index in [2.05, 4.69) is 5.16 Å². The predicted molar refractivity (Wildman–Crippen MR) is 73.5 cm³/mol. The van der Waals surface area contributed by atoms with Crippen molar-refractivity contribution in [2.75, 3.05) is 5.73 Å². The zero-order valence-corrected chi connectivity index (χ0v) is 10.3. The van der Waals surface area contributed by atoms with Gasteiger partial charge in [0, 0.05) is 22.3 Å². The fourth-order valence-electron chi connectivity index (χ4n) is 2.40. The lowest BCUT2D eigenvalue weighted by atomic mass is 9.82. The second-order valence-electron chi connectivity index (χ2n) is 4.44. The SMILES string of the molecule is Nc1c(/C=N\O)ccc2c1C(=O)c1ccccc1C2=O. The highest BCUT2D eigenvalue weighted by molar-refractivity contribution is 6.30. The second-order valence-corrected chi connectivity index (χ2v) is 4.44. The molecule has 5 nitrogen and oxygen atoms in total. The third-order valence-corrected chi connectivity index (χ3v) is 3.36. The number of hydrogen-bond acceptors (Lipinski definition) is 5. The number of nitrogen functional groups attached to an aromatic ring is 1. The van der Waals surface area contributed by atoms with Crippen LogP contribution in [0.1, 0.15) is 37.4 Å². The van der Waals surface area contributed by atoms with E-state index in [0.717, 1.165) is 6.21 Å². The van der Waals surface area contributed by atoms with Crippen molar-refractivity contribution in [3.63, 3.8) is 0 Å². The van der Waals surface area contributed by atoms with Gasteiger partial charge < -0.3 is 10.9 Å². The first-order chi connectivity index (χ1) is 9.65. The van der Waals surface area contributed by atoms with Crippen molar-refractivity contribution in [1.82, 2.24) is 0 Å². The Balaban J connectivity index is 2.31. The molecule has 0 heterocycles. The first-order valence-corrected chi connectivity index (χ1v) is 5.93. The van der Waals surface area contributed by atoms with Crippen molar-refractivity contribution in [2.24, 2.45) is 5.16 Å². The Hall–Kier alpha value is -2.95. The highest BCUT2D eigenvalue weighted by Crippen LogP contribution is 2.32. The van der Waals surface area contributed by atoms with Gasteiger partial charge in [0.05, 0.1) is 17.5 Å². The molecule has 1 aliphatic rings. The third-order valence-electron chi connectivity index (χ3n) is 3.36. The number of fused-ring (bicyclic) bond motifs is 2. The summed E-state index contributed by atoms with van der Waals surface area (Å²) in [6, 6.07) is 9.71. The average molecular weight is 266 g/mol. The highest BCUT2D eigenvalue weighted by atomic mass is 16.4. The first kappa shape index (κ1) is 12.1. The number of carbonyl (C=O) groups excluding carboxylic acids is 2. The van der Waals surface area contributed by atoms with Gasteiger partial charge in [-0.15, -0.1) is 0 Å². The van der Waals surface area contributed by atoms with Gasteiger partial charge in [0.2, 0.25) is 0 Å². The van der Waals surface area contributed by atoms with Crippen molar-refractivity contribution in [3.8, 4) is 0 Å². The number of benzene rings is 2. The number of nitrogens with two attached hydrogens (primary N) is 1. The van der Waals surface area contributed by atoms with Crippen LogP contribution in [0, 0.1) is 0 Å². The van der Waals surface area contributed by atoms with Crippen LogP contribution < -0.4 is 5.73 Å². The summed E-state index contributed by atoms with van der Waals surface area (Å²) >= 11 is 0. The van der Waals surface area contributed by atoms with E-state index in [4.69, 9.17) is 10.9 Å². The van der Waals surface area contributed by atoms with Crippen LogP contribution in [-0.2, 0) is 0 Å².